The molecule has 0 aliphatic heterocycles. The van der Waals surface area contributed by atoms with Crippen molar-refractivity contribution < 1.29 is 22.0 Å². The molecule has 8 heteroatoms. The fourth-order valence-corrected chi connectivity index (χ4v) is 2.82. The van der Waals surface area contributed by atoms with E-state index in [2.05, 4.69) is 5.32 Å². The lowest BCUT2D eigenvalue weighted by atomic mass is 10.2. The van der Waals surface area contributed by atoms with Gasteiger partial charge in [0.2, 0.25) is 15.9 Å². The second kappa shape index (κ2) is 8.07. The van der Waals surface area contributed by atoms with Gasteiger partial charge in [0, 0.05) is 25.6 Å². The van der Waals surface area contributed by atoms with E-state index in [-0.39, 0.29) is 31.0 Å². The Bertz CT molecular complexity index is 621. The molecule has 0 saturated carbocycles. The van der Waals surface area contributed by atoms with Crippen LogP contribution in [-0.2, 0) is 14.8 Å². The molecular formula is C14H20F2N2O3S. The Morgan fingerprint density at radius 1 is 1.27 bits per heavy atom. The summed E-state index contributed by atoms with van der Waals surface area (Å²) in [6.45, 7) is 2.51. The van der Waals surface area contributed by atoms with Gasteiger partial charge in [0.15, 0.2) is 11.6 Å². The number of nitrogens with one attached hydrogen (secondary N) is 1. The van der Waals surface area contributed by atoms with Crippen LogP contribution in [0.4, 0.5) is 14.5 Å². The number of carbonyl (C=O) groups excluding carboxylic acids is 1. The zero-order valence-corrected chi connectivity index (χ0v) is 13.4. The van der Waals surface area contributed by atoms with Gasteiger partial charge < -0.3 is 5.32 Å². The number of nitrogens with zero attached hydrogens (tertiary/aromatic N) is 1. The molecular weight excluding hydrogens is 314 g/mol. The molecule has 0 heterocycles. The van der Waals surface area contributed by atoms with Crippen molar-refractivity contribution in [3.63, 3.8) is 0 Å². The summed E-state index contributed by atoms with van der Waals surface area (Å²) in [7, 11) is -3.65. The number of hydrogen-bond acceptors (Lipinski definition) is 3. The maximum absolute atomic E-state index is 13.3. The van der Waals surface area contributed by atoms with Crippen LogP contribution in [0.15, 0.2) is 18.2 Å². The molecule has 0 atom stereocenters. The van der Waals surface area contributed by atoms with Crippen LogP contribution in [0, 0.1) is 11.6 Å². The quantitative estimate of drug-likeness (QED) is 0.791. The van der Waals surface area contributed by atoms with E-state index in [1.165, 1.54) is 6.07 Å². The van der Waals surface area contributed by atoms with Crippen LogP contribution in [0.5, 0.6) is 0 Å². The molecule has 0 spiro atoms. The van der Waals surface area contributed by atoms with Crippen molar-refractivity contribution in [1.82, 2.24) is 5.32 Å². The summed E-state index contributed by atoms with van der Waals surface area (Å²) in [6.07, 6.45) is 2.23. The summed E-state index contributed by atoms with van der Waals surface area (Å²) in [4.78, 5) is 11.5. The molecule has 1 aromatic rings. The summed E-state index contributed by atoms with van der Waals surface area (Å²) in [5.41, 5.74) is 0.0374. The standard InChI is InChI=1S/C14H20F2N2O3S/c1-3-8-17-14(19)5-4-9-18(22(2,20)21)11-6-7-12(15)13(16)10-11/h6-7,10H,3-5,8-9H2,1-2H3,(H,17,19). The lowest BCUT2D eigenvalue weighted by Gasteiger charge is -2.22. The zero-order chi connectivity index (χ0) is 16.8. The molecule has 124 valence electrons. The first-order valence-corrected chi connectivity index (χ1v) is 8.80. The number of benzene rings is 1. The first-order chi connectivity index (χ1) is 10.3. The Balaban J connectivity index is 2.75. The highest BCUT2D eigenvalue weighted by molar-refractivity contribution is 7.92. The Morgan fingerprint density at radius 3 is 2.50 bits per heavy atom. The van der Waals surface area contributed by atoms with Crippen molar-refractivity contribution in [2.45, 2.75) is 26.2 Å². The molecule has 0 radical (unpaired) electrons. The molecule has 22 heavy (non-hydrogen) atoms. The molecule has 5 nitrogen and oxygen atoms in total. The normalized spacial score (nSPS) is 11.3. The number of carbonyl (C=O) groups is 1. The Kier molecular flexibility index (Phi) is 6.73. The molecule has 0 bridgehead atoms. The molecule has 0 aliphatic rings. The monoisotopic (exact) mass is 334 g/mol. The molecule has 1 amide bonds. The number of rotatable bonds is 8. The molecule has 0 aromatic heterocycles. The van der Waals surface area contributed by atoms with Crippen molar-refractivity contribution in [2.75, 3.05) is 23.7 Å². The van der Waals surface area contributed by atoms with Gasteiger partial charge in [-0.1, -0.05) is 6.92 Å². The third kappa shape index (κ3) is 5.59. The van der Waals surface area contributed by atoms with Gasteiger partial charge in [0.05, 0.1) is 11.9 Å². The van der Waals surface area contributed by atoms with Crippen molar-refractivity contribution in [1.29, 1.82) is 0 Å². The first kappa shape index (κ1) is 18.3. The maximum atomic E-state index is 13.3. The number of halogens is 2. The van der Waals surface area contributed by atoms with Crippen LogP contribution in [0.2, 0.25) is 0 Å². The average Bonchev–Trinajstić information content (AvgIpc) is 2.43. The van der Waals surface area contributed by atoms with Crippen molar-refractivity contribution in [3.8, 4) is 0 Å². The second-order valence-electron chi connectivity index (χ2n) is 4.89. The van der Waals surface area contributed by atoms with E-state index in [1.807, 2.05) is 6.92 Å². The summed E-state index contributed by atoms with van der Waals surface area (Å²) in [5.74, 6) is -2.33. The molecule has 0 fully saturated rings. The minimum absolute atomic E-state index is 0.0173. The highest BCUT2D eigenvalue weighted by atomic mass is 32.2. The predicted molar refractivity (Wildman–Crippen MR) is 81.1 cm³/mol. The molecule has 1 rings (SSSR count). The summed E-state index contributed by atoms with van der Waals surface area (Å²) in [6, 6.07) is 2.89. The minimum atomic E-state index is -3.65. The van der Waals surface area contributed by atoms with E-state index >= 15 is 0 Å². The van der Waals surface area contributed by atoms with E-state index in [9.17, 15) is 22.0 Å². The van der Waals surface area contributed by atoms with Crippen LogP contribution in [0.3, 0.4) is 0 Å². The van der Waals surface area contributed by atoms with Crippen molar-refractivity contribution in [2.24, 2.45) is 0 Å². The fraction of sp³-hybridized carbons (Fsp3) is 0.500. The van der Waals surface area contributed by atoms with E-state index in [0.29, 0.717) is 6.54 Å². The largest absolute Gasteiger partial charge is 0.356 e. The maximum Gasteiger partial charge on any atom is 0.232 e. The van der Waals surface area contributed by atoms with E-state index < -0.39 is 21.7 Å². The lowest BCUT2D eigenvalue weighted by molar-refractivity contribution is -0.121. The summed E-state index contributed by atoms with van der Waals surface area (Å²) < 4.78 is 50.7. The molecule has 0 saturated heterocycles. The molecule has 0 aliphatic carbocycles. The van der Waals surface area contributed by atoms with Gasteiger partial charge in [0.1, 0.15) is 0 Å². The van der Waals surface area contributed by atoms with E-state index in [1.54, 1.807) is 0 Å². The van der Waals surface area contributed by atoms with Crippen molar-refractivity contribution >= 4 is 21.6 Å². The van der Waals surface area contributed by atoms with Crippen molar-refractivity contribution in [3.05, 3.63) is 29.8 Å². The third-order valence-electron chi connectivity index (χ3n) is 2.93. The van der Waals surface area contributed by atoms with Gasteiger partial charge in [-0.25, -0.2) is 17.2 Å². The number of hydrogen-bond donors (Lipinski definition) is 1. The number of sulfonamides is 1. The molecule has 1 aromatic carbocycles. The summed E-state index contributed by atoms with van der Waals surface area (Å²) in [5, 5.41) is 2.68. The highest BCUT2D eigenvalue weighted by Gasteiger charge is 2.19. The topological polar surface area (TPSA) is 66.5 Å². The zero-order valence-electron chi connectivity index (χ0n) is 12.6. The predicted octanol–water partition coefficient (Wildman–Crippen LogP) is 2.04. The van der Waals surface area contributed by atoms with Gasteiger partial charge in [-0.15, -0.1) is 0 Å². The lowest BCUT2D eigenvalue weighted by Crippen LogP contribution is -2.32. The van der Waals surface area contributed by atoms with E-state index in [0.717, 1.165) is 29.1 Å². The average molecular weight is 334 g/mol. The van der Waals surface area contributed by atoms with Crippen LogP contribution in [0.25, 0.3) is 0 Å². The van der Waals surface area contributed by atoms with Crippen LogP contribution in [0.1, 0.15) is 26.2 Å². The SMILES string of the molecule is CCCNC(=O)CCCN(c1ccc(F)c(F)c1)S(C)(=O)=O. The Hall–Kier alpha value is -1.70. The number of amides is 1. The van der Waals surface area contributed by atoms with E-state index in [4.69, 9.17) is 0 Å². The second-order valence-corrected chi connectivity index (χ2v) is 6.79. The van der Waals surface area contributed by atoms with Crippen LogP contribution in [-0.4, -0.2) is 33.7 Å². The minimum Gasteiger partial charge on any atom is -0.356 e. The smallest absolute Gasteiger partial charge is 0.232 e. The number of anilines is 1. The fourth-order valence-electron chi connectivity index (χ4n) is 1.86. The first-order valence-electron chi connectivity index (χ1n) is 6.95. The van der Waals surface area contributed by atoms with Gasteiger partial charge in [-0.2, -0.15) is 0 Å². The third-order valence-corrected chi connectivity index (χ3v) is 4.12. The van der Waals surface area contributed by atoms with Gasteiger partial charge >= 0.3 is 0 Å². The van der Waals surface area contributed by atoms with Crippen LogP contribution < -0.4 is 9.62 Å². The Labute approximate surface area is 129 Å². The van der Waals surface area contributed by atoms with Crippen LogP contribution >= 0.6 is 0 Å². The van der Waals surface area contributed by atoms with Gasteiger partial charge in [0.25, 0.3) is 0 Å². The van der Waals surface area contributed by atoms with Gasteiger partial charge in [-0.05, 0) is 25.0 Å². The molecule has 1 N–H and O–H groups in total. The Morgan fingerprint density at radius 2 is 1.95 bits per heavy atom. The van der Waals surface area contributed by atoms with Gasteiger partial charge in [-0.3, -0.25) is 9.10 Å². The summed E-state index contributed by atoms with van der Waals surface area (Å²) >= 11 is 0. The highest BCUT2D eigenvalue weighted by Crippen LogP contribution is 2.21. The molecule has 0 unspecified atom stereocenters.